The number of hydrogen-bond acceptors (Lipinski definition) is 2. The van der Waals surface area contributed by atoms with E-state index in [0.29, 0.717) is 11.3 Å². The van der Waals surface area contributed by atoms with Crippen LogP contribution in [-0.4, -0.2) is 6.54 Å². The lowest BCUT2D eigenvalue weighted by atomic mass is 10.1. The first-order valence-corrected chi connectivity index (χ1v) is 6.05. The summed E-state index contributed by atoms with van der Waals surface area (Å²) in [7, 11) is 0. The van der Waals surface area contributed by atoms with Crippen molar-refractivity contribution < 1.29 is 13.5 Å². The minimum atomic E-state index is -0.543. The van der Waals surface area contributed by atoms with E-state index in [1.807, 2.05) is 0 Å². The fraction of sp³-hybridized carbons (Fsp3) is 0.143. The molecule has 2 nitrogen and oxygen atoms in total. The van der Waals surface area contributed by atoms with Crippen molar-refractivity contribution in [3.05, 3.63) is 64.7 Å². The van der Waals surface area contributed by atoms with Crippen LogP contribution in [-0.2, 0) is 0 Å². The van der Waals surface area contributed by atoms with Gasteiger partial charge < -0.3 is 10.5 Å². The van der Waals surface area contributed by atoms with E-state index in [0.717, 1.165) is 6.07 Å². The van der Waals surface area contributed by atoms with E-state index in [9.17, 15) is 8.78 Å². The van der Waals surface area contributed by atoms with Gasteiger partial charge in [0, 0.05) is 6.54 Å². The maximum atomic E-state index is 13.2. The van der Waals surface area contributed by atoms with Gasteiger partial charge >= 0.3 is 0 Å². The maximum absolute atomic E-state index is 13.2. The second-order valence-electron chi connectivity index (χ2n) is 3.97. The van der Waals surface area contributed by atoms with Crippen LogP contribution >= 0.6 is 11.6 Å². The summed E-state index contributed by atoms with van der Waals surface area (Å²) in [5.74, 6) is -0.514. The van der Waals surface area contributed by atoms with Crippen LogP contribution in [0.3, 0.4) is 0 Å². The fourth-order valence-electron chi connectivity index (χ4n) is 1.68. The lowest BCUT2D eigenvalue weighted by Crippen LogP contribution is -2.18. The molecule has 19 heavy (non-hydrogen) atoms. The van der Waals surface area contributed by atoms with Gasteiger partial charge in [0.05, 0.1) is 5.02 Å². The maximum Gasteiger partial charge on any atom is 0.139 e. The van der Waals surface area contributed by atoms with E-state index in [4.69, 9.17) is 22.1 Å². The second kappa shape index (κ2) is 5.99. The molecule has 0 aliphatic carbocycles. The molecule has 0 spiro atoms. The van der Waals surface area contributed by atoms with Gasteiger partial charge in [0.1, 0.15) is 23.5 Å². The molecule has 5 heteroatoms. The van der Waals surface area contributed by atoms with E-state index >= 15 is 0 Å². The Labute approximate surface area is 114 Å². The molecule has 100 valence electrons. The predicted octanol–water partition coefficient (Wildman–Crippen LogP) is 3.70. The second-order valence-corrected chi connectivity index (χ2v) is 4.38. The first-order valence-electron chi connectivity index (χ1n) is 5.67. The van der Waals surface area contributed by atoms with Gasteiger partial charge in [-0.25, -0.2) is 8.78 Å². The van der Waals surface area contributed by atoms with E-state index in [1.54, 1.807) is 12.1 Å². The lowest BCUT2D eigenvalue weighted by molar-refractivity contribution is 0.213. The topological polar surface area (TPSA) is 35.2 Å². The van der Waals surface area contributed by atoms with Crippen LogP contribution in [0.15, 0.2) is 42.5 Å². The summed E-state index contributed by atoms with van der Waals surface area (Å²) < 4.78 is 31.7. The molecule has 0 saturated carbocycles. The number of rotatable bonds is 4. The average molecular weight is 284 g/mol. The normalized spacial score (nSPS) is 12.2. The number of halogens is 3. The smallest absolute Gasteiger partial charge is 0.139 e. The summed E-state index contributed by atoms with van der Waals surface area (Å²) in [4.78, 5) is 0. The Morgan fingerprint density at radius 2 is 1.84 bits per heavy atom. The van der Waals surface area contributed by atoms with Crippen LogP contribution in [0, 0.1) is 11.6 Å². The number of ether oxygens (including phenoxy) is 1. The van der Waals surface area contributed by atoms with Crippen LogP contribution in [0.4, 0.5) is 8.78 Å². The lowest BCUT2D eigenvalue weighted by Gasteiger charge is -2.18. The van der Waals surface area contributed by atoms with Crippen molar-refractivity contribution in [3.8, 4) is 5.75 Å². The molecule has 0 aliphatic heterocycles. The van der Waals surface area contributed by atoms with Gasteiger partial charge in [-0.05, 0) is 35.9 Å². The molecule has 2 rings (SSSR count). The van der Waals surface area contributed by atoms with Crippen molar-refractivity contribution in [2.24, 2.45) is 5.73 Å². The molecule has 2 aromatic rings. The van der Waals surface area contributed by atoms with Gasteiger partial charge in [-0.15, -0.1) is 0 Å². The van der Waals surface area contributed by atoms with E-state index in [-0.39, 0.29) is 17.4 Å². The van der Waals surface area contributed by atoms with Crippen molar-refractivity contribution in [2.75, 3.05) is 6.54 Å². The molecule has 0 fully saturated rings. The summed E-state index contributed by atoms with van der Waals surface area (Å²) >= 11 is 5.87. The molecule has 1 unspecified atom stereocenters. The molecular weight excluding hydrogens is 272 g/mol. The van der Waals surface area contributed by atoms with Crippen LogP contribution in [0.5, 0.6) is 5.75 Å². The standard InChI is InChI=1S/C14H12ClF2NO/c15-12-7-11(17)4-5-13(12)19-14(8-18)9-2-1-3-10(16)6-9/h1-7,14H,8,18H2. The quantitative estimate of drug-likeness (QED) is 0.929. The number of hydrogen-bond donors (Lipinski definition) is 1. The number of nitrogens with two attached hydrogens (primary N) is 1. The highest BCUT2D eigenvalue weighted by Crippen LogP contribution is 2.29. The predicted molar refractivity (Wildman–Crippen MR) is 70.2 cm³/mol. The molecule has 0 aliphatic rings. The highest BCUT2D eigenvalue weighted by molar-refractivity contribution is 6.32. The Morgan fingerprint density at radius 3 is 2.47 bits per heavy atom. The van der Waals surface area contributed by atoms with Gasteiger partial charge in [0.25, 0.3) is 0 Å². The zero-order valence-corrected chi connectivity index (χ0v) is 10.7. The third-order valence-corrected chi connectivity index (χ3v) is 2.89. The van der Waals surface area contributed by atoms with Crippen LogP contribution < -0.4 is 10.5 Å². The Bertz CT molecular complexity index is 577. The molecule has 1 atom stereocenters. The molecule has 2 N–H and O–H groups in total. The van der Waals surface area contributed by atoms with Gasteiger partial charge in [-0.3, -0.25) is 0 Å². The van der Waals surface area contributed by atoms with Crippen molar-refractivity contribution >= 4 is 11.6 Å². The van der Waals surface area contributed by atoms with Crippen molar-refractivity contribution in [3.63, 3.8) is 0 Å². The Hall–Kier alpha value is -1.65. The van der Waals surface area contributed by atoms with Gasteiger partial charge in [0.15, 0.2) is 0 Å². The van der Waals surface area contributed by atoms with E-state index in [2.05, 4.69) is 0 Å². The molecule has 0 amide bonds. The van der Waals surface area contributed by atoms with Crippen molar-refractivity contribution in [2.45, 2.75) is 6.10 Å². The molecule has 0 radical (unpaired) electrons. The Kier molecular flexibility index (Phi) is 4.35. The molecular formula is C14H12ClF2NO. The molecule has 0 heterocycles. The van der Waals surface area contributed by atoms with Crippen molar-refractivity contribution in [1.29, 1.82) is 0 Å². The zero-order valence-electron chi connectivity index (χ0n) is 9.95. The van der Waals surface area contributed by atoms with Crippen LogP contribution in [0.25, 0.3) is 0 Å². The number of benzene rings is 2. The highest BCUT2D eigenvalue weighted by Gasteiger charge is 2.14. The van der Waals surface area contributed by atoms with E-state index < -0.39 is 11.9 Å². The third-order valence-electron chi connectivity index (χ3n) is 2.60. The van der Waals surface area contributed by atoms with Crippen molar-refractivity contribution in [1.82, 2.24) is 0 Å². The monoisotopic (exact) mass is 283 g/mol. The van der Waals surface area contributed by atoms with Gasteiger partial charge in [0.2, 0.25) is 0 Å². The highest BCUT2D eigenvalue weighted by atomic mass is 35.5. The van der Waals surface area contributed by atoms with Crippen LogP contribution in [0.1, 0.15) is 11.7 Å². The zero-order chi connectivity index (χ0) is 13.8. The average Bonchev–Trinajstić information content (AvgIpc) is 2.38. The Morgan fingerprint density at radius 1 is 1.11 bits per heavy atom. The summed E-state index contributed by atoms with van der Waals surface area (Å²) in [6.07, 6.45) is -0.543. The summed E-state index contributed by atoms with van der Waals surface area (Å²) in [6.45, 7) is 0.150. The molecule has 0 bridgehead atoms. The summed E-state index contributed by atoms with van der Waals surface area (Å²) in [6, 6.07) is 9.76. The SMILES string of the molecule is NCC(Oc1ccc(F)cc1Cl)c1cccc(F)c1. The molecule has 2 aromatic carbocycles. The van der Waals surface area contributed by atoms with Gasteiger partial charge in [-0.2, -0.15) is 0 Å². The largest absolute Gasteiger partial charge is 0.483 e. The van der Waals surface area contributed by atoms with E-state index in [1.165, 1.54) is 24.3 Å². The van der Waals surface area contributed by atoms with Crippen LogP contribution in [0.2, 0.25) is 5.02 Å². The van der Waals surface area contributed by atoms with Gasteiger partial charge in [-0.1, -0.05) is 23.7 Å². The first-order chi connectivity index (χ1) is 9.10. The third kappa shape index (κ3) is 3.43. The Balaban J connectivity index is 2.24. The fourth-order valence-corrected chi connectivity index (χ4v) is 1.89. The minimum absolute atomic E-state index is 0.148. The summed E-state index contributed by atoms with van der Waals surface area (Å²) in [5.41, 5.74) is 6.22. The molecule has 0 saturated heterocycles. The summed E-state index contributed by atoms with van der Waals surface area (Å²) in [5, 5.41) is 0.148. The first kappa shape index (κ1) is 13.8. The molecule has 0 aromatic heterocycles. The minimum Gasteiger partial charge on any atom is -0.483 e.